The quantitative estimate of drug-likeness (QED) is 0.183. The van der Waals surface area contributed by atoms with Crippen LogP contribution in [-0.2, 0) is 5.41 Å². The van der Waals surface area contributed by atoms with Gasteiger partial charge in [-0.05, 0) is 104 Å². The van der Waals surface area contributed by atoms with Gasteiger partial charge in [0.05, 0.1) is 16.8 Å². The maximum atomic E-state index is 5.51. The second kappa shape index (κ2) is 11.9. The van der Waals surface area contributed by atoms with Gasteiger partial charge in [-0.25, -0.2) is 0 Å². The van der Waals surface area contributed by atoms with E-state index in [1.807, 2.05) is 42.7 Å². The number of benzene rings is 4. The van der Waals surface area contributed by atoms with Crippen molar-refractivity contribution in [2.75, 3.05) is 0 Å². The van der Waals surface area contributed by atoms with Crippen LogP contribution in [0.4, 0.5) is 0 Å². The van der Waals surface area contributed by atoms with E-state index in [0.717, 1.165) is 39.3 Å². The van der Waals surface area contributed by atoms with Crippen molar-refractivity contribution in [2.24, 2.45) is 5.73 Å². The van der Waals surface area contributed by atoms with Gasteiger partial charge in [-0.2, -0.15) is 0 Å². The van der Waals surface area contributed by atoms with Crippen molar-refractivity contribution in [3.8, 4) is 55.9 Å². The molecule has 2 N–H and O–H groups in total. The van der Waals surface area contributed by atoms with Crippen LogP contribution in [0.15, 0.2) is 170 Å². The average molecular weight is 643 g/mol. The molecule has 1 spiro atoms. The Kier molecular flexibility index (Phi) is 7.10. The molecule has 0 fully saturated rings. The summed E-state index contributed by atoms with van der Waals surface area (Å²) in [7, 11) is 0. The van der Waals surface area contributed by atoms with E-state index in [-0.39, 0.29) is 5.92 Å². The predicted molar refractivity (Wildman–Crippen MR) is 203 cm³/mol. The molecule has 3 heterocycles. The van der Waals surface area contributed by atoms with Gasteiger partial charge >= 0.3 is 0 Å². The fraction of sp³-hybridized carbons (Fsp3) is 0.0652. The first-order valence-electron chi connectivity index (χ1n) is 17.0. The molecule has 4 aromatic carbocycles. The molecule has 9 rings (SSSR count). The SMILES string of the molecule is CC(/C=C\C=C/N)c1ccc(-c2ccc3c(c2)C2(c4ccccc4-c4ccccc42)c2cc(-c4ccc(-c5ccccn5)nc4)ccc2-3)cn1. The van der Waals surface area contributed by atoms with Gasteiger partial charge in [0.15, 0.2) is 0 Å². The summed E-state index contributed by atoms with van der Waals surface area (Å²) in [5.41, 5.74) is 22.6. The van der Waals surface area contributed by atoms with E-state index in [4.69, 9.17) is 15.7 Å². The van der Waals surface area contributed by atoms with Gasteiger partial charge in [-0.3, -0.25) is 15.0 Å². The minimum Gasteiger partial charge on any atom is -0.405 e. The van der Waals surface area contributed by atoms with Crippen LogP contribution in [0.25, 0.3) is 55.9 Å². The number of nitrogens with two attached hydrogens (primary N) is 1. The molecule has 0 amide bonds. The zero-order chi connectivity index (χ0) is 33.7. The molecule has 2 aliphatic carbocycles. The number of hydrogen-bond donors (Lipinski definition) is 1. The molecule has 238 valence electrons. The maximum absolute atomic E-state index is 5.51. The summed E-state index contributed by atoms with van der Waals surface area (Å²) in [6.07, 6.45) is 13.2. The molecule has 2 aliphatic rings. The van der Waals surface area contributed by atoms with Crippen LogP contribution in [0.1, 0.15) is 40.8 Å². The van der Waals surface area contributed by atoms with Crippen LogP contribution in [0.3, 0.4) is 0 Å². The van der Waals surface area contributed by atoms with E-state index in [9.17, 15) is 0 Å². The molecule has 1 atom stereocenters. The monoisotopic (exact) mass is 642 g/mol. The van der Waals surface area contributed by atoms with Crippen molar-refractivity contribution >= 4 is 0 Å². The lowest BCUT2D eigenvalue weighted by atomic mass is 9.70. The van der Waals surface area contributed by atoms with Crippen molar-refractivity contribution in [3.05, 3.63) is 198 Å². The third-order valence-electron chi connectivity index (χ3n) is 10.3. The van der Waals surface area contributed by atoms with E-state index < -0.39 is 5.41 Å². The van der Waals surface area contributed by atoms with Crippen molar-refractivity contribution in [3.63, 3.8) is 0 Å². The van der Waals surface area contributed by atoms with Crippen LogP contribution in [0.2, 0.25) is 0 Å². The topological polar surface area (TPSA) is 64.7 Å². The molecule has 1 unspecified atom stereocenters. The fourth-order valence-electron chi connectivity index (χ4n) is 7.97. The first-order valence-corrected chi connectivity index (χ1v) is 17.0. The number of aromatic nitrogens is 3. The molecule has 0 bridgehead atoms. The highest BCUT2D eigenvalue weighted by Gasteiger charge is 2.51. The van der Waals surface area contributed by atoms with E-state index >= 15 is 0 Å². The molecule has 50 heavy (non-hydrogen) atoms. The Morgan fingerprint density at radius 1 is 0.520 bits per heavy atom. The van der Waals surface area contributed by atoms with Crippen molar-refractivity contribution in [2.45, 2.75) is 18.3 Å². The van der Waals surface area contributed by atoms with Crippen LogP contribution in [-0.4, -0.2) is 15.0 Å². The standard InChI is InChI=1S/C46H34N4/c1-30(10-6-8-24-47)43-22-18-33(28-49-43)31-16-20-37-38-21-17-32(34-19-23-45(50-29-34)44-15-7-9-25-48-44)27-42(38)46(41(37)26-31)39-13-4-2-11-35(39)36-12-3-5-14-40(36)46/h2-30H,47H2,1H3/b10-6-,24-8-. The fourth-order valence-corrected chi connectivity index (χ4v) is 7.97. The third kappa shape index (κ3) is 4.56. The molecule has 0 saturated heterocycles. The Balaban J connectivity index is 1.20. The summed E-state index contributed by atoms with van der Waals surface area (Å²) in [6, 6.07) is 46.2. The summed E-state index contributed by atoms with van der Waals surface area (Å²) in [5, 5.41) is 0. The second-order valence-electron chi connectivity index (χ2n) is 13.0. The Labute approximate surface area is 292 Å². The lowest BCUT2D eigenvalue weighted by Crippen LogP contribution is -2.26. The van der Waals surface area contributed by atoms with Crippen LogP contribution in [0.5, 0.6) is 0 Å². The summed E-state index contributed by atoms with van der Waals surface area (Å²) >= 11 is 0. The van der Waals surface area contributed by atoms with Crippen LogP contribution >= 0.6 is 0 Å². The molecule has 0 aliphatic heterocycles. The van der Waals surface area contributed by atoms with Crippen molar-refractivity contribution < 1.29 is 0 Å². The number of allylic oxidation sites excluding steroid dienone is 3. The maximum Gasteiger partial charge on any atom is 0.0886 e. The first-order chi connectivity index (χ1) is 24.7. The largest absolute Gasteiger partial charge is 0.405 e. The molecular weight excluding hydrogens is 609 g/mol. The molecular formula is C46H34N4. The van der Waals surface area contributed by atoms with Crippen molar-refractivity contribution in [1.82, 2.24) is 15.0 Å². The van der Waals surface area contributed by atoms with Crippen LogP contribution in [0, 0.1) is 0 Å². The Morgan fingerprint density at radius 3 is 1.64 bits per heavy atom. The number of rotatable bonds is 6. The lowest BCUT2D eigenvalue weighted by molar-refractivity contribution is 0.794. The highest BCUT2D eigenvalue weighted by Crippen LogP contribution is 2.63. The van der Waals surface area contributed by atoms with Gasteiger partial charge in [0.2, 0.25) is 0 Å². The smallest absolute Gasteiger partial charge is 0.0886 e. The minimum atomic E-state index is -0.464. The molecule has 0 radical (unpaired) electrons. The zero-order valence-electron chi connectivity index (χ0n) is 27.7. The normalized spacial score (nSPS) is 14.1. The summed E-state index contributed by atoms with van der Waals surface area (Å²) in [4.78, 5) is 14.2. The van der Waals surface area contributed by atoms with Gasteiger partial charge in [0.25, 0.3) is 0 Å². The molecule has 3 aromatic heterocycles. The Hall–Kier alpha value is -6.39. The zero-order valence-corrected chi connectivity index (χ0v) is 27.7. The summed E-state index contributed by atoms with van der Waals surface area (Å²) in [6.45, 7) is 2.15. The average Bonchev–Trinajstić information content (AvgIpc) is 3.65. The molecule has 4 heteroatoms. The summed E-state index contributed by atoms with van der Waals surface area (Å²) < 4.78 is 0. The minimum absolute atomic E-state index is 0.181. The van der Waals surface area contributed by atoms with Crippen molar-refractivity contribution in [1.29, 1.82) is 0 Å². The number of hydrogen-bond acceptors (Lipinski definition) is 4. The van der Waals surface area contributed by atoms with E-state index in [0.29, 0.717) is 0 Å². The van der Waals surface area contributed by atoms with E-state index in [1.165, 1.54) is 44.5 Å². The Bertz CT molecular complexity index is 2400. The second-order valence-corrected chi connectivity index (χ2v) is 13.0. The van der Waals surface area contributed by atoms with Gasteiger partial charge in [0.1, 0.15) is 0 Å². The van der Waals surface area contributed by atoms with Gasteiger partial charge < -0.3 is 5.73 Å². The van der Waals surface area contributed by atoms with E-state index in [2.05, 4.69) is 127 Å². The molecule has 0 saturated carbocycles. The first kappa shape index (κ1) is 29.7. The van der Waals surface area contributed by atoms with Gasteiger partial charge in [-0.1, -0.05) is 110 Å². The highest BCUT2D eigenvalue weighted by atomic mass is 14.8. The third-order valence-corrected chi connectivity index (χ3v) is 10.3. The number of nitrogens with zero attached hydrogens (tertiary/aromatic N) is 3. The van der Waals surface area contributed by atoms with E-state index in [1.54, 1.807) is 12.4 Å². The van der Waals surface area contributed by atoms with Gasteiger partial charge in [0, 0.05) is 41.3 Å². The highest BCUT2D eigenvalue weighted by molar-refractivity contribution is 5.96. The number of fused-ring (bicyclic) bond motifs is 10. The Morgan fingerprint density at radius 2 is 1.08 bits per heavy atom. The predicted octanol–water partition coefficient (Wildman–Crippen LogP) is 10.3. The molecule has 4 nitrogen and oxygen atoms in total. The number of pyridine rings is 3. The molecule has 7 aromatic rings. The lowest BCUT2D eigenvalue weighted by Gasteiger charge is -2.31. The van der Waals surface area contributed by atoms with Gasteiger partial charge in [-0.15, -0.1) is 0 Å². The summed E-state index contributed by atoms with van der Waals surface area (Å²) in [5.74, 6) is 0.181. The van der Waals surface area contributed by atoms with Crippen LogP contribution < -0.4 is 5.73 Å².